The lowest BCUT2D eigenvalue weighted by Gasteiger charge is -2.45. The van der Waals surface area contributed by atoms with Crippen molar-refractivity contribution in [1.29, 1.82) is 0 Å². The zero-order chi connectivity index (χ0) is 9.90. The SMILES string of the molecule is CC#CCN1CCN(C)CC1(C)C. The van der Waals surface area contributed by atoms with Crippen molar-refractivity contribution < 1.29 is 0 Å². The van der Waals surface area contributed by atoms with Gasteiger partial charge in [-0.3, -0.25) is 4.90 Å². The van der Waals surface area contributed by atoms with Crippen LogP contribution < -0.4 is 0 Å². The molecule has 0 aromatic rings. The van der Waals surface area contributed by atoms with Crippen molar-refractivity contribution in [2.45, 2.75) is 26.3 Å². The van der Waals surface area contributed by atoms with Crippen LogP contribution in [0.4, 0.5) is 0 Å². The Morgan fingerprint density at radius 2 is 2.00 bits per heavy atom. The Morgan fingerprint density at radius 3 is 2.54 bits per heavy atom. The molecule has 0 amide bonds. The quantitative estimate of drug-likeness (QED) is 0.556. The first kappa shape index (κ1) is 10.6. The van der Waals surface area contributed by atoms with E-state index in [1.54, 1.807) is 0 Å². The second kappa shape index (κ2) is 4.13. The standard InChI is InChI=1S/C11H20N2/c1-5-6-7-13-9-8-12(4)10-11(13,2)3/h7-10H2,1-4H3. The highest BCUT2D eigenvalue weighted by Gasteiger charge is 2.31. The van der Waals surface area contributed by atoms with Crippen molar-refractivity contribution in [3.8, 4) is 11.8 Å². The van der Waals surface area contributed by atoms with Gasteiger partial charge in [0.2, 0.25) is 0 Å². The van der Waals surface area contributed by atoms with E-state index in [9.17, 15) is 0 Å². The Hall–Kier alpha value is -0.520. The summed E-state index contributed by atoms with van der Waals surface area (Å²) in [6, 6.07) is 0. The van der Waals surface area contributed by atoms with Gasteiger partial charge in [0.15, 0.2) is 0 Å². The predicted octanol–water partition coefficient (Wildman–Crippen LogP) is 1.04. The van der Waals surface area contributed by atoms with Crippen molar-refractivity contribution in [2.75, 3.05) is 33.2 Å². The average Bonchev–Trinajstić information content (AvgIpc) is 2.01. The van der Waals surface area contributed by atoms with Crippen LogP contribution in [-0.4, -0.2) is 48.6 Å². The molecule has 0 aromatic heterocycles. The van der Waals surface area contributed by atoms with Crippen LogP contribution in [0.15, 0.2) is 0 Å². The Morgan fingerprint density at radius 1 is 1.31 bits per heavy atom. The first-order valence-electron chi connectivity index (χ1n) is 4.89. The Labute approximate surface area is 81.9 Å². The summed E-state index contributed by atoms with van der Waals surface area (Å²) < 4.78 is 0. The number of rotatable bonds is 1. The number of hydrogen-bond donors (Lipinski definition) is 0. The fraction of sp³-hybridized carbons (Fsp3) is 0.818. The second-order valence-electron chi connectivity index (χ2n) is 4.40. The summed E-state index contributed by atoms with van der Waals surface area (Å²) in [6.45, 7) is 10.8. The zero-order valence-electron chi connectivity index (χ0n) is 9.22. The van der Waals surface area contributed by atoms with Gasteiger partial charge in [-0.25, -0.2) is 0 Å². The van der Waals surface area contributed by atoms with E-state index in [1.807, 2.05) is 6.92 Å². The van der Waals surface area contributed by atoms with Crippen LogP contribution >= 0.6 is 0 Å². The first-order valence-corrected chi connectivity index (χ1v) is 4.89. The lowest BCUT2D eigenvalue weighted by Crippen LogP contribution is -2.58. The van der Waals surface area contributed by atoms with E-state index in [1.165, 1.54) is 0 Å². The molecule has 0 spiro atoms. The molecule has 0 atom stereocenters. The largest absolute Gasteiger partial charge is 0.303 e. The molecule has 2 heteroatoms. The van der Waals surface area contributed by atoms with Crippen molar-refractivity contribution in [2.24, 2.45) is 0 Å². The lowest BCUT2D eigenvalue weighted by atomic mass is 9.99. The molecule has 0 bridgehead atoms. The third-order valence-corrected chi connectivity index (χ3v) is 2.71. The molecule has 0 radical (unpaired) electrons. The molecule has 1 aliphatic rings. The van der Waals surface area contributed by atoms with Gasteiger partial charge in [0.25, 0.3) is 0 Å². The molecule has 0 N–H and O–H groups in total. The molecule has 1 heterocycles. The van der Waals surface area contributed by atoms with E-state index >= 15 is 0 Å². The minimum atomic E-state index is 0.275. The highest BCUT2D eigenvalue weighted by molar-refractivity contribution is 5.01. The van der Waals surface area contributed by atoms with E-state index in [-0.39, 0.29) is 5.54 Å². The fourth-order valence-corrected chi connectivity index (χ4v) is 1.90. The molecule has 0 saturated carbocycles. The minimum Gasteiger partial charge on any atom is -0.303 e. The van der Waals surface area contributed by atoms with Crippen LogP contribution in [0.25, 0.3) is 0 Å². The maximum absolute atomic E-state index is 3.15. The molecule has 74 valence electrons. The Balaban J connectivity index is 2.57. The number of likely N-dealkylation sites (N-methyl/N-ethyl adjacent to an activating group) is 1. The van der Waals surface area contributed by atoms with Crippen LogP contribution in [0.5, 0.6) is 0 Å². The van der Waals surface area contributed by atoms with E-state index in [0.29, 0.717) is 0 Å². The van der Waals surface area contributed by atoms with Gasteiger partial charge in [-0.2, -0.15) is 0 Å². The molecule has 0 aliphatic carbocycles. The van der Waals surface area contributed by atoms with Crippen LogP contribution in [0, 0.1) is 11.8 Å². The van der Waals surface area contributed by atoms with Crippen LogP contribution in [0.2, 0.25) is 0 Å². The van der Waals surface area contributed by atoms with Gasteiger partial charge in [-0.1, -0.05) is 5.92 Å². The molecule has 1 saturated heterocycles. The fourth-order valence-electron chi connectivity index (χ4n) is 1.90. The van der Waals surface area contributed by atoms with E-state index in [2.05, 4.69) is 42.5 Å². The van der Waals surface area contributed by atoms with Crippen molar-refractivity contribution in [1.82, 2.24) is 9.80 Å². The maximum Gasteiger partial charge on any atom is 0.0606 e. The Bertz CT molecular complexity index is 222. The highest BCUT2D eigenvalue weighted by Crippen LogP contribution is 2.18. The van der Waals surface area contributed by atoms with Gasteiger partial charge in [0.05, 0.1) is 6.54 Å². The lowest BCUT2D eigenvalue weighted by molar-refractivity contribution is 0.0432. The molecular formula is C11H20N2. The normalized spacial score (nSPS) is 23.7. The summed E-state index contributed by atoms with van der Waals surface area (Å²) in [7, 11) is 2.19. The predicted molar refractivity (Wildman–Crippen MR) is 56.6 cm³/mol. The molecule has 13 heavy (non-hydrogen) atoms. The third-order valence-electron chi connectivity index (χ3n) is 2.71. The van der Waals surface area contributed by atoms with Crippen molar-refractivity contribution in [3.63, 3.8) is 0 Å². The van der Waals surface area contributed by atoms with Crippen LogP contribution in [0.3, 0.4) is 0 Å². The number of piperazine rings is 1. The maximum atomic E-state index is 3.15. The van der Waals surface area contributed by atoms with Crippen molar-refractivity contribution >= 4 is 0 Å². The van der Waals surface area contributed by atoms with Crippen LogP contribution in [-0.2, 0) is 0 Å². The van der Waals surface area contributed by atoms with Gasteiger partial charge in [-0.15, -0.1) is 5.92 Å². The van der Waals surface area contributed by atoms with Crippen LogP contribution in [0.1, 0.15) is 20.8 Å². The van der Waals surface area contributed by atoms with Gasteiger partial charge >= 0.3 is 0 Å². The molecule has 1 rings (SSSR count). The summed E-state index contributed by atoms with van der Waals surface area (Å²) in [4.78, 5) is 4.85. The smallest absolute Gasteiger partial charge is 0.0606 e. The molecule has 1 fully saturated rings. The summed E-state index contributed by atoms with van der Waals surface area (Å²) in [5.41, 5.74) is 0.275. The third kappa shape index (κ3) is 2.72. The number of hydrogen-bond acceptors (Lipinski definition) is 2. The second-order valence-corrected chi connectivity index (χ2v) is 4.40. The molecule has 1 aliphatic heterocycles. The molecule has 0 aromatic carbocycles. The summed E-state index contributed by atoms with van der Waals surface area (Å²) in [6.07, 6.45) is 0. The minimum absolute atomic E-state index is 0.275. The summed E-state index contributed by atoms with van der Waals surface area (Å²) in [5.74, 6) is 6.10. The Kier molecular flexibility index (Phi) is 3.35. The van der Waals surface area contributed by atoms with E-state index in [0.717, 1.165) is 26.2 Å². The van der Waals surface area contributed by atoms with Gasteiger partial charge in [-0.05, 0) is 27.8 Å². The molecular weight excluding hydrogens is 160 g/mol. The average molecular weight is 180 g/mol. The summed E-state index contributed by atoms with van der Waals surface area (Å²) in [5, 5.41) is 0. The zero-order valence-corrected chi connectivity index (χ0v) is 9.22. The van der Waals surface area contributed by atoms with Gasteiger partial charge in [0, 0.05) is 25.2 Å². The topological polar surface area (TPSA) is 6.48 Å². The first-order chi connectivity index (χ1) is 6.06. The van der Waals surface area contributed by atoms with Crippen molar-refractivity contribution in [3.05, 3.63) is 0 Å². The van der Waals surface area contributed by atoms with E-state index < -0.39 is 0 Å². The van der Waals surface area contributed by atoms with E-state index in [4.69, 9.17) is 0 Å². The molecule has 0 unspecified atom stereocenters. The molecule has 2 nitrogen and oxygen atoms in total. The summed E-state index contributed by atoms with van der Waals surface area (Å²) >= 11 is 0. The van der Waals surface area contributed by atoms with Gasteiger partial charge < -0.3 is 4.90 Å². The number of nitrogens with zero attached hydrogens (tertiary/aromatic N) is 2. The highest BCUT2D eigenvalue weighted by atomic mass is 15.3. The monoisotopic (exact) mass is 180 g/mol. The van der Waals surface area contributed by atoms with Gasteiger partial charge in [0.1, 0.15) is 0 Å².